The van der Waals surface area contributed by atoms with Crippen LogP contribution in [0.1, 0.15) is 24.0 Å². The van der Waals surface area contributed by atoms with Crippen molar-refractivity contribution in [1.29, 1.82) is 0 Å². The van der Waals surface area contributed by atoms with Crippen molar-refractivity contribution in [3.8, 4) is 5.75 Å². The summed E-state index contributed by atoms with van der Waals surface area (Å²) in [5.74, 6) is 0.939. The third-order valence-corrected chi connectivity index (χ3v) is 5.93. The van der Waals surface area contributed by atoms with Crippen LogP contribution in [0.4, 0.5) is 0 Å². The molecule has 1 amide bonds. The van der Waals surface area contributed by atoms with Crippen LogP contribution < -0.4 is 4.74 Å². The van der Waals surface area contributed by atoms with Crippen molar-refractivity contribution >= 4 is 16.9 Å². The molecule has 1 saturated heterocycles. The summed E-state index contributed by atoms with van der Waals surface area (Å²) in [7, 11) is 1.64. The minimum atomic E-state index is 0.180. The number of fused-ring (bicyclic) bond motifs is 1. The molecular weight excluding hydrogens is 376 g/mol. The molecule has 0 atom stereocenters. The first-order valence-electron chi connectivity index (χ1n) is 10.8. The number of aryl methyl sites for hydroxylation is 1. The van der Waals surface area contributed by atoms with Crippen LogP contribution in [-0.2, 0) is 17.6 Å². The van der Waals surface area contributed by atoms with E-state index in [1.807, 2.05) is 23.1 Å². The van der Waals surface area contributed by atoms with E-state index in [0.29, 0.717) is 6.42 Å². The topological polar surface area (TPSA) is 45.9 Å². The smallest absolute Gasteiger partial charge is 0.227 e. The van der Waals surface area contributed by atoms with Crippen molar-refractivity contribution in [2.45, 2.75) is 25.7 Å². The van der Waals surface area contributed by atoms with Crippen LogP contribution in [0, 0.1) is 0 Å². The first-order valence-corrected chi connectivity index (χ1v) is 10.8. The van der Waals surface area contributed by atoms with Crippen molar-refractivity contribution in [1.82, 2.24) is 9.80 Å². The SMILES string of the molecule is COc1ccc2c(CC(=O)N3CCCN(CCCc4ccccc4)CC3)coc2c1. The van der Waals surface area contributed by atoms with Gasteiger partial charge < -0.3 is 19.0 Å². The molecule has 4 rings (SSSR count). The van der Waals surface area contributed by atoms with Crippen LogP contribution in [-0.4, -0.2) is 55.5 Å². The maximum absolute atomic E-state index is 12.9. The molecule has 0 radical (unpaired) electrons. The maximum Gasteiger partial charge on any atom is 0.227 e. The predicted octanol–water partition coefficient (Wildman–Crippen LogP) is 4.15. The third kappa shape index (κ3) is 5.03. The maximum atomic E-state index is 12.9. The summed E-state index contributed by atoms with van der Waals surface area (Å²) in [5.41, 5.74) is 3.10. The molecule has 30 heavy (non-hydrogen) atoms. The summed E-state index contributed by atoms with van der Waals surface area (Å²) in [4.78, 5) is 17.4. The number of furan rings is 1. The van der Waals surface area contributed by atoms with E-state index in [4.69, 9.17) is 9.15 Å². The van der Waals surface area contributed by atoms with Gasteiger partial charge in [-0.3, -0.25) is 4.79 Å². The number of methoxy groups -OCH3 is 1. The monoisotopic (exact) mass is 406 g/mol. The zero-order valence-corrected chi connectivity index (χ0v) is 17.7. The highest BCUT2D eigenvalue weighted by Crippen LogP contribution is 2.26. The minimum absolute atomic E-state index is 0.180. The minimum Gasteiger partial charge on any atom is -0.497 e. The number of ether oxygens (including phenoxy) is 1. The summed E-state index contributed by atoms with van der Waals surface area (Å²) in [6.45, 7) is 4.73. The Bertz CT molecular complexity index is 967. The molecule has 0 spiro atoms. The second-order valence-corrected chi connectivity index (χ2v) is 7.96. The fourth-order valence-electron chi connectivity index (χ4n) is 4.20. The van der Waals surface area contributed by atoms with Gasteiger partial charge in [0.05, 0.1) is 19.8 Å². The molecule has 5 nitrogen and oxygen atoms in total. The molecule has 3 aromatic rings. The van der Waals surface area contributed by atoms with Gasteiger partial charge in [0, 0.05) is 36.7 Å². The average Bonchev–Trinajstić information content (AvgIpc) is 3.01. The van der Waals surface area contributed by atoms with Crippen LogP contribution in [0.2, 0.25) is 0 Å². The normalized spacial score (nSPS) is 15.3. The Morgan fingerprint density at radius 1 is 1.07 bits per heavy atom. The molecule has 0 aliphatic carbocycles. The van der Waals surface area contributed by atoms with Crippen LogP contribution in [0.3, 0.4) is 0 Å². The van der Waals surface area contributed by atoms with Gasteiger partial charge >= 0.3 is 0 Å². The number of hydrogen-bond donors (Lipinski definition) is 0. The summed E-state index contributed by atoms with van der Waals surface area (Å²) in [6.07, 6.45) is 5.38. The fraction of sp³-hybridized carbons (Fsp3) is 0.400. The molecule has 1 aliphatic heterocycles. The van der Waals surface area contributed by atoms with E-state index < -0.39 is 0 Å². The molecule has 0 N–H and O–H groups in total. The van der Waals surface area contributed by atoms with Gasteiger partial charge in [-0.25, -0.2) is 0 Å². The van der Waals surface area contributed by atoms with E-state index >= 15 is 0 Å². The Kier molecular flexibility index (Phi) is 6.70. The Balaban J connectivity index is 1.28. The lowest BCUT2D eigenvalue weighted by atomic mass is 10.1. The number of rotatable bonds is 7. The molecule has 2 aromatic carbocycles. The molecule has 5 heteroatoms. The Hall–Kier alpha value is -2.79. The zero-order valence-electron chi connectivity index (χ0n) is 17.7. The molecular formula is C25H30N2O3. The number of carbonyl (C=O) groups excluding carboxylic acids is 1. The van der Waals surface area contributed by atoms with Crippen molar-refractivity contribution in [3.05, 3.63) is 65.9 Å². The number of benzene rings is 2. The quantitative estimate of drug-likeness (QED) is 0.591. The summed E-state index contributed by atoms with van der Waals surface area (Å²) in [5, 5.41) is 0.988. The van der Waals surface area contributed by atoms with Crippen LogP contribution in [0.5, 0.6) is 5.75 Å². The van der Waals surface area contributed by atoms with E-state index in [-0.39, 0.29) is 5.91 Å². The Morgan fingerprint density at radius 2 is 1.93 bits per heavy atom. The Labute approximate surface area is 178 Å². The summed E-state index contributed by atoms with van der Waals surface area (Å²) >= 11 is 0. The highest BCUT2D eigenvalue weighted by Gasteiger charge is 2.20. The molecule has 0 saturated carbocycles. The van der Waals surface area contributed by atoms with E-state index in [1.165, 1.54) is 5.56 Å². The van der Waals surface area contributed by atoms with Crippen molar-refractivity contribution < 1.29 is 13.9 Å². The second-order valence-electron chi connectivity index (χ2n) is 7.96. The highest BCUT2D eigenvalue weighted by atomic mass is 16.5. The number of amides is 1. The van der Waals surface area contributed by atoms with Crippen molar-refractivity contribution in [2.24, 2.45) is 0 Å². The summed E-state index contributed by atoms with van der Waals surface area (Å²) < 4.78 is 10.9. The first kappa shape index (κ1) is 20.5. The number of carbonyl (C=O) groups is 1. The summed E-state index contributed by atoms with van der Waals surface area (Å²) in [6, 6.07) is 16.4. The lowest BCUT2D eigenvalue weighted by Gasteiger charge is -2.22. The molecule has 0 unspecified atom stereocenters. The fourth-order valence-corrected chi connectivity index (χ4v) is 4.20. The van der Waals surface area contributed by atoms with Crippen LogP contribution >= 0.6 is 0 Å². The van der Waals surface area contributed by atoms with Gasteiger partial charge in [0.15, 0.2) is 0 Å². The number of nitrogens with zero attached hydrogens (tertiary/aromatic N) is 2. The lowest BCUT2D eigenvalue weighted by Crippen LogP contribution is -2.36. The van der Waals surface area contributed by atoms with Crippen molar-refractivity contribution in [3.63, 3.8) is 0 Å². The molecule has 158 valence electrons. The van der Waals surface area contributed by atoms with E-state index in [2.05, 4.69) is 35.2 Å². The number of hydrogen-bond acceptors (Lipinski definition) is 4. The van der Waals surface area contributed by atoms with Gasteiger partial charge in [-0.1, -0.05) is 30.3 Å². The largest absolute Gasteiger partial charge is 0.497 e. The molecule has 1 aliphatic rings. The van der Waals surface area contributed by atoms with Gasteiger partial charge in [0.2, 0.25) is 5.91 Å². The van der Waals surface area contributed by atoms with Crippen LogP contribution in [0.25, 0.3) is 11.0 Å². The van der Waals surface area contributed by atoms with Gasteiger partial charge in [-0.15, -0.1) is 0 Å². The van der Waals surface area contributed by atoms with Crippen LogP contribution in [0.15, 0.2) is 59.2 Å². The van der Waals surface area contributed by atoms with Crippen molar-refractivity contribution in [2.75, 3.05) is 39.8 Å². The standard InChI is InChI=1S/C25H30N2O3/c1-29-22-10-11-23-21(19-30-24(23)18-22)17-25(28)27-14-6-13-26(15-16-27)12-5-9-20-7-3-2-4-8-20/h2-4,7-8,10-11,18-19H,5-6,9,12-17H2,1H3. The molecule has 0 bridgehead atoms. The van der Waals surface area contributed by atoms with Gasteiger partial charge in [-0.05, 0) is 50.0 Å². The van der Waals surface area contributed by atoms with Gasteiger partial charge in [-0.2, -0.15) is 0 Å². The second kappa shape index (κ2) is 9.81. The average molecular weight is 407 g/mol. The van der Waals surface area contributed by atoms with E-state index in [1.54, 1.807) is 13.4 Å². The first-order chi connectivity index (χ1) is 14.7. The molecule has 2 heterocycles. The van der Waals surface area contributed by atoms with E-state index in [0.717, 1.165) is 74.3 Å². The molecule has 1 aromatic heterocycles. The van der Waals surface area contributed by atoms with E-state index in [9.17, 15) is 4.79 Å². The van der Waals surface area contributed by atoms with Gasteiger partial charge in [0.1, 0.15) is 11.3 Å². The van der Waals surface area contributed by atoms with Gasteiger partial charge in [0.25, 0.3) is 0 Å². The Morgan fingerprint density at radius 3 is 2.77 bits per heavy atom. The predicted molar refractivity (Wildman–Crippen MR) is 119 cm³/mol. The zero-order chi connectivity index (χ0) is 20.8. The molecule has 1 fully saturated rings. The lowest BCUT2D eigenvalue weighted by molar-refractivity contribution is -0.130. The third-order valence-electron chi connectivity index (χ3n) is 5.93. The highest BCUT2D eigenvalue weighted by molar-refractivity contribution is 5.88.